The van der Waals surface area contributed by atoms with E-state index in [1.165, 1.54) is 4.88 Å². The predicted octanol–water partition coefficient (Wildman–Crippen LogP) is 1.12. The molecule has 5 heteroatoms. The molecular formula is C12H20N2O2S. The molecule has 1 aromatic rings. The van der Waals surface area contributed by atoms with E-state index in [0.29, 0.717) is 6.61 Å². The highest BCUT2D eigenvalue weighted by atomic mass is 32.1. The quantitative estimate of drug-likeness (QED) is 0.848. The number of piperidine rings is 1. The summed E-state index contributed by atoms with van der Waals surface area (Å²) in [5.74, 6) is 0. The minimum Gasteiger partial charge on any atom is -0.387 e. The lowest BCUT2D eigenvalue weighted by Crippen LogP contribution is -2.53. The van der Waals surface area contributed by atoms with Gasteiger partial charge in [0.15, 0.2) is 0 Å². The molecular weight excluding hydrogens is 236 g/mol. The maximum atomic E-state index is 10.2. The van der Waals surface area contributed by atoms with Gasteiger partial charge in [-0.2, -0.15) is 0 Å². The Morgan fingerprint density at radius 3 is 3.18 bits per heavy atom. The van der Waals surface area contributed by atoms with E-state index in [-0.39, 0.29) is 6.10 Å². The first kappa shape index (κ1) is 13.0. The largest absolute Gasteiger partial charge is 0.387 e. The average molecular weight is 256 g/mol. The van der Waals surface area contributed by atoms with Gasteiger partial charge in [0.2, 0.25) is 0 Å². The molecule has 1 aromatic heterocycles. The predicted molar refractivity (Wildman–Crippen MR) is 68.4 cm³/mol. The number of nitrogens with one attached hydrogen (secondary N) is 1. The molecule has 0 saturated carbocycles. The van der Waals surface area contributed by atoms with Gasteiger partial charge in [0.25, 0.3) is 0 Å². The van der Waals surface area contributed by atoms with Gasteiger partial charge in [-0.15, -0.1) is 11.3 Å². The molecule has 2 atom stereocenters. The maximum absolute atomic E-state index is 10.2. The third-order valence-electron chi connectivity index (χ3n) is 3.32. The minimum absolute atomic E-state index is 0.107. The summed E-state index contributed by atoms with van der Waals surface area (Å²) in [6, 6.07) is 0. The van der Waals surface area contributed by atoms with Gasteiger partial charge in [-0.05, 0) is 26.8 Å². The Bertz CT molecular complexity index is 365. The Labute approximate surface area is 106 Å². The molecule has 2 rings (SSSR count). The molecule has 0 aromatic carbocycles. The number of hydrogen-bond donors (Lipinski definition) is 2. The molecule has 0 spiro atoms. The van der Waals surface area contributed by atoms with Gasteiger partial charge in [-0.3, -0.25) is 0 Å². The summed E-state index contributed by atoms with van der Waals surface area (Å²) in [6.07, 6.45) is 1.52. The third kappa shape index (κ3) is 3.25. The Kier molecular flexibility index (Phi) is 4.14. The fraction of sp³-hybridized carbons (Fsp3) is 0.750. The monoisotopic (exact) mass is 256 g/mol. The Balaban J connectivity index is 1.80. The topological polar surface area (TPSA) is 54.4 Å². The highest BCUT2D eigenvalue weighted by Crippen LogP contribution is 2.21. The second-order valence-corrected chi connectivity index (χ2v) is 5.72. The number of hydrogen-bond acceptors (Lipinski definition) is 5. The van der Waals surface area contributed by atoms with Crippen molar-refractivity contribution in [1.82, 2.24) is 10.3 Å². The third-order valence-corrected chi connectivity index (χ3v) is 4.32. The Hall–Kier alpha value is -0.490. The van der Waals surface area contributed by atoms with Gasteiger partial charge in [-0.1, -0.05) is 0 Å². The molecule has 0 radical (unpaired) electrons. The Morgan fingerprint density at radius 2 is 2.53 bits per heavy atom. The van der Waals surface area contributed by atoms with E-state index in [1.54, 1.807) is 11.3 Å². The molecule has 0 bridgehead atoms. The SMILES string of the molecule is Cc1ncsc1CCOC1CNCCC1(C)O. The van der Waals surface area contributed by atoms with Crippen LogP contribution in [-0.2, 0) is 11.2 Å². The van der Waals surface area contributed by atoms with E-state index < -0.39 is 5.60 Å². The van der Waals surface area contributed by atoms with E-state index in [4.69, 9.17) is 4.74 Å². The van der Waals surface area contributed by atoms with Crippen LogP contribution in [0.3, 0.4) is 0 Å². The van der Waals surface area contributed by atoms with Crippen molar-refractivity contribution in [2.45, 2.75) is 38.4 Å². The van der Waals surface area contributed by atoms with Crippen LogP contribution in [0.15, 0.2) is 5.51 Å². The summed E-state index contributed by atoms with van der Waals surface area (Å²) in [6.45, 7) is 6.11. The number of ether oxygens (including phenoxy) is 1. The summed E-state index contributed by atoms with van der Waals surface area (Å²) in [5.41, 5.74) is 2.25. The average Bonchev–Trinajstić information content (AvgIpc) is 2.67. The van der Waals surface area contributed by atoms with Crippen molar-refractivity contribution in [2.24, 2.45) is 0 Å². The lowest BCUT2D eigenvalue weighted by molar-refractivity contribution is -0.112. The van der Waals surface area contributed by atoms with Crippen LogP contribution in [0.25, 0.3) is 0 Å². The molecule has 1 fully saturated rings. The second-order valence-electron chi connectivity index (χ2n) is 4.78. The van der Waals surface area contributed by atoms with E-state index in [0.717, 1.165) is 31.6 Å². The van der Waals surface area contributed by atoms with Gasteiger partial charge < -0.3 is 15.2 Å². The van der Waals surface area contributed by atoms with Gasteiger partial charge in [0.05, 0.1) is 29.5 Å². The molecule has 96 valence electrons. The van der Waals surface area contributed by atoms with Crippen LogP contribution in [0.4, 0.5) is 0 Å². The van der Waals surface area contributed by atoms with E-state index >= 15 is 0 Å². The number of aromatic nitrogens is 1. The van der Waals surface area contributed by atoms with Crippen LogP contribution in [0.5, 0.6) is 0 Å². The lowest BCUT2D eigenvalue weighted by atomic mass is 9.92. The summed E-state index contributed by atoms with van der Waals surface area (Å²) >= 11 is 1.67. The molecule has 2 heterocycles. The first-order chi connectivity index (χ1) is 8.09. The van der Waals surface area contributed by atoms with Crippen LogP contribution in [0.2, 0.25) is 0 Å². The normalized spacial score (nSPS) is 29.5. The number of rotatable bonds is 4. The fourth-order valence-corrected chi connectivity index (χ4v) is 2.82. The number of aryl methyl sites for hydroxylation is 1. The molecule has 2 N–H and O–H groups in total. The van der Waals surface area contributed by atoms with E-state index in [9.17, 15) is 5.11 Å². The molecule has 0 aliphatic carbocycles. The maximum Gasteiger partial charge on any atom is 0.0983 e. The van der Waals surface area contributed by atoms with Crippen molar-refractivity contribution in [2.75, 3.05) is 19.7 Å². The van der Waals surface area contributed by atoms with Crippen molar-refractivity contribution < 1.29 is 9.84 Å². The smallest absolute Gasteiger partial charge is 0.0983 e. The number of aliphatic hydroxyl groups is 1. The van der Waals surface area contributed by atoms with Crippen LogP contribution in [0.1, 0.15) is 23.9 Å². The molecule has 1 aliphatic heterocycles. The summed E-state index contributed by atoms with van der Waals surface area (Å²) in [7, 11) is 0. The molecule has 1 aliphatic rings. The minimum atomic E-state index is -0.700. The number of thiazole rings is 1. The first-order valence-electron chi connectivity index (χ1n) is 6.03. The van der Waals surface area contributed by atoms with Crippen molar-refractivity contribution in [3.05, 3.63) is 16.1 Å². The summed E-state index contributed by atoms with van der Waals surface area (Å²) < 4.78 is 5.79. The van der Waals surface area contributed by atoms with Crippen molar-refractivity contribution in [1.29, 1.82) is 0 Å². The molecule has 0 amide bonds. The van der Waals surface area contributed by atoms with Gasteiger partial charge in [-0.25, -0.2) is 4.98 Å². The highest BCUT2D eigenvalue weighted by Gasteiger charge is 2.35. The van der Waals surface area contributed by atoms with Crippen LogP contribution in [0, 0.1) is 6.92 Å². The fourth-order valence-electron chi connectivity index (χ4n) is 2.05. The first-order valence-corrected chi connectivity index (χ1v) is 6.91. The zero-order chi connectivity index (χ0) is 12.3. The molecule has 17 heavy (non-hydrogen) atoms. The van der Waals surface area contributed by atoms with Crippen molar-refractivity contribution in [3.8, 4) is 0 Å². The van der Waals surface area contributed by atoms with E-state index in [1.807, 2.05) is 19.4 Å². The lowest BCUT2D eigenvalue weighted by Gasteiger charge is -2.37. The van der Waals surface area contributed by atoms with Crippen LogP contribution in [-0.4, -0.2) is 41.5 Å². The number of nitrogens with zero attached hydrogens (tertiary/aromatic N) is 1. The van der Waals surface area contributed by atoms with Crippen LogP contribution < -0.4 is 5.32 Å². The standard InChI is InChI=1S/C12H20N2O2S/c1-9-10(17-8-14-9)3-6-16-11-7-13-5-4-12(11,2)15/h8,11,13,15H,3-7H2,1-2H3. The van der Waals surface area contributed by atoms with Gasteiger partial charge in [0.1, 0.15) is 0 Å². The molecule has 2 unspecified atom stereocenters. The summed E-state index contributed by atoms with van der Waals surface area (Å²) in [5, 5.41) is 13.4. The summed E-state index contributed by atoms with van der Waals surface area (Å²) in [4.78, 5) is 5.48. The highest BCUT2D eigenvalue weighted by molar-refractivity contribution is 7.09. The zero-order valence-electron chi connectivity index (χ0n) is 10.4. The second kappa shape index (κ2) is 5.44. The zero-order valence-corrected chi connectivity index (χ0v) is 11.2. The molecule has 4 nitrogen and oxygen atoms in total. The molecule has 1 saturated heterocycles. The van der Waals surface area contributed by atoms with Gasteiger partial charge >= 0.3 is 0 Å². The van der Waals surface area contributed by atoms with E-state index in [2.05, 4.69) is 10.3 Å². The van der Waals surface area contributed by atoms with Crippen LogP contribution >= 0.6 is 11.3 Å². The Morgan fingerprint density at radius 1 is 1.71 bits per heavy atom. The van der Waals surface area contributed by atoms with Crippen molar-refractivity contribution >= 4 is 11.3 Å². The van der Waals surface area contributed by atoms with Crippen molar-refractivity contribution in [3.63, 3.8) is 0 Å². The van der Waals surface area contributed by atoms with Gasteiger partial charge in [0, 0.05) is 17.8 Å².